The van der Waals surface area contributed by atoms with Crippen LogP contribution in [0.1, 0.15) is 0 Å². The number of rotatable bonds is 6. The van der Waals surface area contributed by atoms with E-state index >= 15 is 0 Å². The molecule has 0 atom stereocenters. The molecule has 0 saturated heterocycles. The number of aromatic nitrogens is 1. The van der Waals surface area contributed by atoms with Gasteiger partial charge in [0.2, 0.25) is 0 Å². The number of pyridine rings is 1. The molecule has 0 bridgehead atoms. The van der Waals surface area contributed by atoms with Crippen LogP contribution in [0.3, 0.4) is 0 Å². The van der Waals surface area contributed by atoms with Crippen LogP contribution in [0.15, 0.2) is 41.2 Å². The standard InChI is InChI=1S/C14H18N2O3S/c1-20(18,19)11-9-15-8-10-16-13-5-3-2-4-12(13)6-7-14(16)17/h2-7,15H,8-11H2,1H3. The van der Waals surface area contributed by atoms with Gasteiger partial charge in [0.25, 0.3) is 5.56 Å². The zero-order chi connectivity index (χ0) is 14.6. The highest BCUT2D eigenvalue weighted by atomic mass is 32.2. The summed E-state index contributed by atoms with van der Waals surface area (Å²) in [7, 11) is -2.94. The lowest BCUT2D eigenvalue weighted by molar-refractivity contribution is 0.586. The highest BCUT2D eigenvalue weighted by Gasteiger charge is 2.03. The quantitative estimate of drug-likeness (QED) is 0.794. The maximum absolute atomic E-state index is 11.9. The van der Waals surface area contributed by atoms with Gasteiger partial charge in [-0.2, -0.15) is 0 Å². The summed E-state index contributed by atoms with van der Waals surface area (Å²) in [6, 6.07) is 11.1. The Hall–Kier alpha value is -1.66. The van der Waals surface area contributed by atoms with Crippen LogP contribution in [0.5, 0.6) is 0 Å². The van der Waals surface area contributed by atoms with E-state index in [0.29, 0.717) is 19.6 Å². The third-order valence-corrected chi connectivity index (χ3v) is 4.01. The summed E-state index contributed by atoms with van der Waals surface area (Å²) >= 11 is 0. The van der Waals surface area contributed by atoms with Gasteiger partial charge in [0, 0.05) is 32.0 Å². The van der Waals surface area contributed by atoms with E-state index in [2.05, 4.69) is 5.32 Å². The van der Waals surface area contributed by atoms with Gasteiger partial charge in [0.15, 0.2) is 0 Å². The van der Waals surface area contributed by atoms with Crippen molar-refractivity contribution in [3.8, 4) is 0 Å². The smallest absolute Gasteiger partial charge is 0.251 e. The van der Waals surface area contributed by atoms with Crippen LogP contribution in [0, 0.1) is 0 Å². The number of sulfone groups is 1. The molecular formula is C14H18N2O3S. The van der Waals surface area contributed by atoms with E-state index < -0.39 is 9.84 Å². The molecule has 6 heteroatoms. The molecule has 0 spiro atoms. The number of hydrogen-bond donors (Lipinski definition) is 1. The summed E-state index contributed by atoms with van der Waals surface area (Å²) in [5.74, 6) is 0.109. The monoisotopic (exact) mass is 294 g/mol. The third-order valence-electron chi connectivity index (χ3n) is 3.06. The SMILES string of the molecule is CS(=O)(=O)CCNCCn1c(=O)ccc2ccccc21. The maximum Gasteiger partial charge on any atom is 0.251 e. The minimum Gasteiger partial charge on any atom is -0.314 e. The molecule has 0 aliphatic rings. The molecule has 1 aromatic heterocycles. The van der Waals surface area contributed by atoms with Crippen molar-refractivity contribution in [3.63, 3.8) is 0 Å². The van der Waals surface area contributed by atoms with Gasteiger partial charge in [-0.05, 0) is 17.5 Å². The van der Waals surface area contributed by atoms with Crippen LogP contribution in [-0.2, 0) is 16.4 Å². The first-order valence-electron chi connectivity index (χ1n) is 6.44. The fourth-order valence-electron chi connectivity index (χ4n) is 2.05. The van der Waals surface area contributed by atoms with E-state index in [4.69, 9.17) is 0 Å². The van der Waals surface area contributed by atoms with Crippen LogP contribution < -0.4 is 10.9 Å². The Morgan fingerprint density at radius 2 is 1.85 bits per heavy atom. The van der Waals surface area contributed by atoms with E-state index in [1.165, 1.54) is 6.26 Å². The van der Waals surface area contributed by atoms with Crippen molar-refractivity contribution < 1.29 is 8.42 Å². The molecule has 1 heterocycles. The van der Waals surface area contributed by atoms with Crippen molar-refractivity contribution in [1.29, 1.82) is 0 Å². The maximum atomic E-state index is 11.9. The first-order chi connectivity index (χ1) is 9.47. The molecule has 0 saturated carbocycles. The van der Waals surface area contributed by atoms with Gasteiger partial charge in [0.05, 0.1) is 11.3 Å². The molecule has 0 aliphatic carbocycles. The predicted molar refractivity (Wildman–Crippen MR) is 80.8 cm³/mol. The van der Waals surface area contributed by atoms with Gasteiger partial charge in [-0.3, -0.25) is 4.79 Å². The van der Waals surface area contributed by atoms with E-state index in [-0.39, 0.29) is 11.3 Å². The summed E-state index contributed by atoms with van der Waals surface area (Å²) in [5.41, 5.74) is 0.846. The summed E-state index contributed by atoms with van der Waals surface area (Å²) in [5, 5.41) is 4.06. The second kappa shape index (κ2) is 6.19. The summed E-state index contributed by atoms with van der Waals surface area (Å²) in [6.45, 7) is 1.48. The van der Waals surface area contributed by atoms with Crippen LogP contribution in [-0.4, -0.2) is 38.1 Å². The first kappa shape index (κ1) is 14.7. The van der Waals surface area contributed by atoms with Crippen LogP contribution in [0.4, 0.5) is 0 Å². The Bertz CT molecular complexity index is 750. The topological polar surface area (TPSA) is 68.2 Å². The normalized spacial score (nSPS) is 11.8. The molecule has 1 aromatic carbocycles. The average Bonchev–Trinajstić information content (AvgIpc) is 2.39. The Morgan fingerprint density at radius 3 is 2.60 bits per heavy atom. The molecule has 0 aliphatic heterocycles. The summed E-state index contributed by atoms with van der Waals surface area (Å²) in [6.07, 6.45) is 1.21. The van der Waals surface area contributed by atoms with Gasteiger partial charge in [0.1, 0.15) is 9.84 Å². The van der Waals surface area contributed by atoms with Crippen molar-refractivity contribution in [3.05, 3.63) is 46.8 Å². The van der Waals surface area contributed by atoms with Crippen molar-refractivity contribution in [2.24, 2.45) is 0 Å². The van der Waals surface area contributed by atoms with Gasteiger partial charge < -0.3 is 9.88 Å². The minimum absolute atomic E-state index is 0.0476. The molecule has 0 fully saturated rings. The van der Waals surface area contributed by atoms with E-state index in [1.807, 2.05) is 30.3 Å². The zero-order valence-electron chi connectivity index (χ0n) is 11.4. The van der Waals surface area contributed by atoms with Crippen LogP contribution >= 0.6 is 0 Å². The third kappa shape index (κ3) is 3.91. The van der Waals surface area contributed by atoms with Crippen LogP contribution in [0.25, 0.3) is 10.9 Å². The molecule has 2 rings (SSSR count). The molecule has 1 N–H and O–H groups in total. The number of benzene rings is 1. The molecule has 2 aromatic rings. The highest BCUT2D eigenvalue weighted by molar-refractivity contribution is 7.90. The Morgan fingerprint density at radius 1 is 1.10 bits per heavy atom. The Labute approximate surface area is 118 Å². The molecule has 20 heavy (non-hydrogen) atoms. The fraction of sp³-hybridized carbons (Fsp3) is 0.357. The molecule has 5 nitrogen and oxygen atoms in total. The molecule has 108 valence electrons. The lowest BCUT2D eigenvalue weighted by Gasteiger charge is -2.10. The van der Waals surface area contributed by atoms with Crippen molar-refractivity contribution in [2.75, 3.05) is 25.1 Å². The Balaban J connectivity index is 2.03. The molecule has 0 amide bonds. The van der Waals surface area contributed by atoms with Gasteiger partial charge in [-0.15, -0.1) is 0 Å². The van der Waals surface area contributed by atoms with Crippen molar-refractivity contribution in [2.45, 2.75) is 6.54 Å². The largest absolute Gasteiger partial charge is 0.314 e. The van der Waals surface area contributed by atoms with E-state index in [1.54, 1.807) is 10.6 Å². The first-order valence-corrected chi connectivity index (χ1v) is 8.50. The second-order valence-electron chi connectivity index (χ2n) is 4.76. The Kier molecular flexibility index (Phi) is 4.57. The summed E-state index contributed by atoms with van der Waals surface area (Å²) in [4.78, 5) is 11.9. The van der Waals surface area contributed by atoms with E-state index in [9.17, 15) is 13.2 Å². The second-order valence-corrected chi connectivity index (χ2v) is 7.02. The number of fused-ring (bicyclic) bond motifs is 1. The lowest BCUT2D eigenvalue weighted by atomic mass is 10.2. The van der Waals surface area contributed by atoms with Crippen molar-refractivity contribution >= 4 is 20.7 Å². The molecule has 0 radical (unpaired) electrons. The number of nitrogens with zero attached hydrogens (tertiary/aromatic N) is 1. The van der Waals surface area contributed by atoms with Crippen molar-refractivity contribution in [1.82, 2.24) is 9.88 Å². The van der Waals surface area contributed by atoms with Gasteiger partial charge in [-0.25, -0.2) is 8.42 Å². The van der Waals surface area contributed by atoms with Crippen LogP contribution in [0.2, 0.25) is 0 Å². The predicted octanol–water partition coefficient (Wildman–Crippen LogP) is 0.636. The fourth-order valence-corrected chi connectivity index (χ4v) is 2.56. The lowest BCUT2D eigenvalue weighted by Crippen LogP contribution is -2.29. The van der Waals surface area contributed by atoms with E-state index in [0.717, 1.165) is 10.9 Å². The zero-order valence-corrected chi connectivity index (χ0v) is 12.2. The number of para-hydroxylation sites is 1. The molecular weight excluding hydrogens is 276 g/mol. The minimum atomic E-state index is -2.94. The van der Waals surface area contributed by atoms with Gasteiger partial charge >= 0.3 is 0 Å². The molecule has 0 unspecified atom stereocenters. The number of hydrogen-bond acceptors (Lipinski definition) is 4. The van der Waals surface area contributed by atoms with Gasteiger partial charge in [-0.1, -0.05) is 18.2 Å². The average molecular weight is 294 g/mol. The summed E-state index contributed by atoms with van der Waals surface area (Å²) < 4.78 is 23.7. The highest BCUT2D eigenvalue weighted by Crippen LogP contribution is 2.10. The number of nitrogens with one attached hydrogen (secondary N) is 1.